The van der Waals surface area contributed by atoms with Crippen LogP contribution in [0, 0.1) is 6.92 Å². The Kier molecular flexibility index (Phi) is 2.17. The average molecular weight is 202 g/mol. The number of nitrogens with zero attached hydrogens (tertiary/aromatic N) is 1. The maximum atomic E-state index is 5.66. The first-order chi connectivity index (χ1) is 6.68. The van der Waals surface area contributed by atoms with E-state index >= 15 is 0 Å². The number of aryl methyl sites for hydroxylation is 1. The monoisotopic (exact) mass is 202 g/mol. The number of rotatable bonds is 1. The quantitative estimate of drug-likeness (QED) is 0.720. The number of fused-ring (bicyclic) bond motifs is 1. The van der Waals surface area contributed by atoms with E-state index in [2.05, 4.69) is 11.1 Å². The van der Waals surface area contributed by atoms with E-state index < -0.39 is 0 Å². The number of aromatic nitrogens is 1. The SMILES string of the molecule is Cc1cc(C(N)=S)c2ccncc2c1. The summed E-state index contributed by atoms with van der Waals surface area (Å²) in [6.07, 6.45) is 3.57. The molecular formula is C11H10N2S. The van der Waals surface area contributed by atoms with Gasteiger partial charge in [-0.25, -0.2) is 0 Å². The first-order valence-corrected chi connectivity index (χ1v) is 4.73. The van der Waals surface area contributed by atoms with Crippen molar-refractivity contribution < 1.29 is 0 Å². The van der Waals surface area contributed by atoms with Gasteiger partial charge in [-0.05, 0) is 36.1 Å². The van der Waals surface area contributed by atoms with Gasteiger partial charge in [0.15, 0.2) is 0 Å². The van der Waals surface area contributed by atoms with Crippen LogP contribution in [0.25, 0.3) is 10.8 Å². The lowest BCUT2D eigenvalue weighted by atomic mass is 10.0. The van der Waals surface area contributed by atoms with Gasteiger partial charge in [-0.1, -0.05) is 12.2 Å². The summed E-state index contributed by atoms with van der Waals surface area (Å²) in [5, 5.41) is 2.15. The molecule has 0 aliphatic carbocycles. The van der Waals surface area contributed by atoms with Gasteiger partial charge in [-0.15, -0.1) is 0 Å². The van der Waals surface area contributed by atoms with Crippen LogP contribution in [-0.4, -0.2) is 9.97 Å². The van der Waals surface area contributed by atoms with Crippen molar-refractivity contribution in [2.75, 3.05) is 0 Å². The maximum Gasteiger partial charge on any atom is 0.104 e. The molecule has 1 aromatic carbocycles. The number of benzene rings is 1. The number of thiocarbonyl (C=S) groups is 1. The van der Waals surface area contributed by atoms with Crippen molar-refractivity contribution in [3.63, 3.8) is 0 Å². The van der Waals surface area contributed by atoms with Crippen molar-refractivity contribution in [1.82, 2.24) is 4.98 Å². The number of hydrogen-bond donors (Lipinski definition) is 1. The Bertz CT molecular complexity index is 506. The Balaban J connectivity index is 2.87. The lowest BCUT2D eigenvalue weighted by Gasteiger charge is -2.05. The molecule has 2 nitrogen and oxygen atoms in total. The third-order valence-corrected chi connectivity index (χ3v) is 2.38. The molecule has 0 atom stereocenters. The molecule has 2 N–H and O–H groups in total. The molecule has 1 aromatic heterocycles. The molecule has 2 rings (SSSR count). The predicted molar refractivity (Wildman–Crippen MR) is 62.4 cm³/mol. The molecule has 0 spiro atoms. The van der Waals surface area contributed by atoms with E-state index in [0.717, 1.165) is 21.9 Å². The molecular weight excluding hydrogens is 192 g/mol. The van der Waals surface area contributed by atoms with E-state index in [4.69, 9.17) is 18.0 Å². The lowest BCUT2D eigenvalue weighted by molar-refractivity contribution is 1.35. The fourth-order valence-corrected chi connectivity index (χ4v) is 1.73. The van der Waals surface area contributed by atoms with Crippen LogP contribution >= 0.6 is 12.2 Å². The second-order valence-corrected chi connectivity index (χ2v) is 3.71. The predicted octanol–water partition coefficient (Wildman–Crippen LogP) is 2.18. The van der Waals surface area contributed by atoms with E-state index in [-0.39, 0.29) is 0 Å². The Labute approximate surface area is 87.8 Å². The van der Waals surface area contributed by atoms with Gasteiger partial charge in [0.05, 0.1) is 0 Å². The molecule has 3 heteroatoms. The van der Waals surface area contributed by atoms with Crippen LogP contribution in [0.5, 0.6) is 0 Å². The third kappa shape index (κ3) is 1.46. The highest BCUT2D eigenvalue weighted by molar-refractivity contribution is 7.80. The second-order valence-electron chi connectivity index (χ2n) is 3.27. The fraction of sp³-hybridized carbons (Fsp3) is 0.0909. The molecule has 0 saturated heterocycles. The molecule has 0 fully saturated rings. The van der Waals surface area contributed by atoms with Crippen molar-refractivity contribution in [2.24, 2.45) is 5.73 Å². The van der Waals surface area contributed by atoms with Gasteiger partial charge in [0.2, 0.25) is 0 Å². The largest absolute Gasteiger partial charge is 0.389 e. The van der Waals surface area contributed by atoms with Crippen LogP contribution in [0.2, 0.25) is 0 Å². The third-order valence-electron chi connectivity index (χ3n) is 2.16. The topological polar surface area (TPSA) is 38.9 Å². The summed E-state index contributed by atoms with van der Waals surface area (Å²) < 4.78 is 0. The van der Waals surface area contributed by atoms with Gasteiger partial charge in [-0.2, -0.15) is 0 Å². The van der Waals surface area contributed by atoms with E-state index in [1.165, 1.54) is 0 Å². The summed E-state index contributed by atoms with van der Waals surface area (Å²) in [6.45, 7) is 2.02. The van der Waals surface area contributed by atoms with E-state index in [0.29, 0.717) is 4.99 Å². The molecule has 1 heterocycles. The second kappa shape index (κ2) is 3.35. The summed E-state index contributed by atoms with van der Waals surface area (Å²) in [5.74, 6) is 0. The van der Waals surface area contributed by atoms with E-state index in [9.17, 15) is 0 Å². The zero-order valence-corrected chi connectivity index (χ0v) is 8.64. The Morgan fingerprint density at radius 2 is 2.21 bits per heavy atom. The van der Waals surface area contributed by atoms with Crippen LogP contribution in [0.3, 0.4) is 0 Å². The van der Waals surface area contributed by atoms with Crippen molar-refractivity contribution in [1.29, 1.82) is 0 Å². The summed E-state index contributed by atoms with van der Waals surface area (Å²) in [6, 6.07) is 6.01. The number of nitrogens with two attached hydrogens (primary N) is 1. The first-order valence-electron chi connectivity index (χ1n) is 4.32. The number of hydrogen-bond acceptors (Lipinski definition) is 2. The van der Waals surface area contributed by atoms with Crippen molar-refractivity contribution in [3.8, 4) is 0 Å². The van der Waals surface area contributed by atoms with Crippen LogP contribution in [0.4, 0.5) is 0 Å². The van der Waals surface area contributed by atoms with Gasteiger partial charge in [0.25, 0.3) is 0 Å². The highest BCUT2D eigenvalue weighted by Gasteiger charge is 2.03. The van der Waals surface area contributed by atoms with Crippen molar-refractivity contribution in [3.05, 3.63) is 41.7 Å². The molecule has 0 radical (unpaired) electrons. The van der Waals surface area contributed by atoms with Crippen molar-refractivity contribution >= 4 is 28.0 Å². The van der Waals surface area contributed by atoms with E-state index in [1.807, 2.05) is 25.3 Å². The molecule has 0 unspecified atom stereocenters. The van der Waals surface area contributed by atoms with Gasteiger partial charge >= 0.3 is 0 Å². The fourth-order valence-electron chi connectivity index (χ4n) is 1.56. The standard InChI is InChI=1S/C11H10N2S/c1-7-4-8-6-13-3-2-9(8)10(5-7)11(12)14/h2-6H,1H3,(H2,12,14). The maximum absolute atomic E-state index is 5.66. The Hall–Kier alpha value is -1.48. The molecule has 0 aliphatic heterocycles. The minimum atomic E-state index is 0.435. The smallest absolute Gasteiger partial charge is 0.104 e. The summed E-state index contributed by atoms with van der Waals surface area (Å²) in [4.78, 5) is 4.51. The molecule has 0 saturated carbocycles. The van der Waals surface area contributed by atoms with Gasteiger partial charge in [0, 0.05) is 23.3 Å². The Morgan fingerprint density at radius 1 is 1.43 bits per heavy atom. The van der Waals surface area contributed by atoms with Gasteiger partial charge in [0.1, 0.15) is 4.99 Å². The van der Waals surface area contributed by atoms with Gasteiger partial charge < -0.3 is 5.73 Å². The minimum absolute atomic E-state index is 0.435. The molecule has 0 amide bonds. The molecule has 70 valence electrons. The first kappa shape index (κ1) is 9.09. The van der Waals surface area contributed by atoms with E-state index in [1.54, 1.807) is 6.20 Å². The zero-order valence-electron chi connectivity index (χ0n) is 7.82. The summed E-state index contributed by atoms with van der Waals surface area (Å²) in [7, 11) is 0. The lowest BCUT2D eigenvalue weighted by Crippen LogP contribution is -2.10. The van der Waals surface area contributed by atoms with Gasteiger partial charge in [-0.3, -0.25) is 4.98 Å². The van der Waals surface area contributed by atoms with Crippen LogP contribution in [0.15, 0.2) is 30.6 Å². The highest BCUT2D eigenvalue weighted by Crippen LogP contribution is 2.19. The van der Waals surface area contributed by atoms with Crippen LogP contribution < -0.4 is 5.73 Å². The average Bonchev–Trinajstić information content (AvgIpc) is 2.16. The minimum Gasteiger partial charge on any atom is -0.389 e. The van der Waals surface area contributed by atoms with Crippen LogP contribution in [-0.2, 0) is 0 Å². The Morgan fingerprint density at radius 3 is 2.93 bits per heavy atom. The molecule has 0 bridgehead atoms. The molecule has 2 aromatic rings. The summed E-state index contributed by atoms with van der Waals surface area (Å²) in [5.41, 5.74) is 7.73. The number of pyridine rings is 1. The van der Waals surface area contributed by atoms with Crippen LogP contribution in [0.1, 0.15) is 11.1 Å². The normalized spacial score (nSPS) is 10.4. The zero-order chi connectivity index (χ0) is 10.1. The highest BCUT2D eigenvalue weighted by atomic mass is 32.1. The summed E-state index contributed by atoms with van der Waals surface area (Å²) >= 11 is 5.01. The van der Waals surface area contributed by atoms with Crippen molar-refractivity contribution in [2.45, 2.75) is 6.92 Å². The molecule has 0 aliphatic rings. The molecule has 14 heavy (non-hydrogen) atoms.